The number of imidazole rings is 1. The molecule has 1 aliphatic heterocycles. The highest BCUT2D eigenvalue weighted by Crippen LogP contribution is 2.28. The number of nitrogens with one attached hydrogen (secondary N) is 1. The Balaban J connectivity index is 1.21. The molecule has 32 heavy (non-hydrogen) atoms. The number of hydrogen-bond acceptors (Lipinski definition) is 7. The third kappa shape index (κ3) is 4.72. The molecule has 0 radical (unpaired) electrons. The molecule has 1 N–H and O–H groups in total. The summed E-state index contributed by atoms with van der Waals surface area (Å²) in [6, 6.07) is 0. The predicted molar refractivity (Wildman–Crippen MR) is 106 cm³/mol. The van der Waals surface area contributed by atoms with Crippen molar-refractivity contribution in [3.8, 4) is 0 Å². The van der Waals surface area contributed by atoms with Crippen molar-refractivity contribution in [2.45, 2.75) is 19.2 Å². The topological polar surface area (TPSA) is 109 Å². The van der Waals surface area contributed by atoms with Crippen LogP contribution in [0.5, 0.6) is 0 Å². The molecule has 170 valence electrons. The molecule has 3 aromatic heterocycles. The van der Waals surface area contributed by atoms with Gasteiger partial charge in [0.25, 0.3) is 5.56 Å². The quantitative estimate of drug-likeness (QED) is 0.559. The number of ether oxygens (including phenoxy) is 1. The number of nitrogens with zero attached hydrogens (tertiary/aromatic N) is 6. The van der Waals surface area contributed by atoms with Crippen LogP contribution < -0.4 is 10.5 Å². The van der Waals surface area contributed by atoms with Gasteiger partial charge in [0.15, 0.2) is 0 Å². The van der Waals surface area contributed by atoms with Crippen LogP contribution in [0.15, 0.2) is 35.8 Å². The van der Waals surface area contributed by atoms with Crippen LogP contribution in [-0.2, 0) is 22.3 Å². The first-order chi connectivity index (χ1) is 15.3. The van der Waals surface area contributed by atoms with Gasteiger partial charge < -0.3 is 19.5 Å². The summed E-state index contributed by atoms with van der Waals surface area (Å²) in [6.07, 6.45) is 1.87. The highest BCUT2D eigenvalue weighted by atomic mass is 19.4. The number of fused-ring (bicyclic) bond motifs is 1. The Hall–Kier alpha value is -3.48. The highest BCUT2D eigenvalue weighted by molar-refractivity contribution is 5.76. The minimum Gasteiger partial charge on any atom is -0.373 e. The third-order valence-corrected chi connectivity index (χ3v) is 5.12. The number of rotatable bonds is 6. The summed E-state index contributed by atoms with van der Waals surface area (Å²) in [5.74, 6) is 0.685. The van der Waals surface area contributed by atoms with Crippen LogP contribution in [0.1, 0.15) is 17.8 Å². The zero-order valence-corrected chi connectivity index (χ0v) is 16.9. The Morgan fingerprint density at radius 3 is 2.50 bits per heavy atom. The molecule has 3 aromatic rings. The number of H-pyrrole nitrogens is 1. The SMILES string of the molecule is O=C(CCOCc1ncc2c(=O)[nH]ccn12)N1CCN(c2ncc(C(F)(F)F)cn2)CC1. The van der Waals surface area contributed by atoms with Crippen molar-refractivity contribution in [1.82, 2.24) is 29.2 Å². The summed E-state index contributed by atoms with van der Waals surface area (Å²) in [5.41, 5.74) is -0.732. The van der Waals surface area contributed by atoms with E-state index < -0.39 is 11.7 Å². The van der Waals surface area contributed by atoms with Gasteiger partial charge in [-0.3, -0.25) is 14.0 Å². The fourth-order valence-electron chi connectivity index (χ4n) is 3.37. The van der Waals surface area contributed by atoms with Gasteiger partial charge in [0.05, 0.1) is 24.8 Å². The van der Waals surface area contributed by atoms with Crippen molar-refractivity contribution < 1.29 is 22.7 Å². The molecule has 1 saturated heterocycles. The summed E-state index contributed by atoms with van der Waals surface area (Å²) < 4.78 is 45.1. The lowest BCUT2D eigenvalue weighted by Crippen LogP contribution is -2.49. The fourth-order valence-corrected chi connectivity index (χ4v) is 3.37. The van der Waals surface area contributed by atoms with E-state index in [2.05, 4.69) is 19.9 Å². The number of piperazine rings is 1. The van der Waals surface area contributed by atoms with Crippen LogP contribution in [0.25, 0.3) is 5.52 Å². The number of hydrogen-bond donors (Lipinski definition) is 1. The van der Waals surface area contributed by atoms with Crippen LogP contribution >= 0.6 is 0 Å². The zero-order chi connectivity index (χ0) is 22.7. The van der Waals surface area contributed by atoms with Crippen LogP contribution in [0.2, 0.25) is 0 Å². The molecule has 0 bridgehead atoms. The number of anilines is 1. The van der Waals surface area contributed by atoms with Gasteiger partial charge in [0, 0.05) is 51.0 Å². The van der Waals surface area contributed by atoms with E-state index in [1.165, 1.54) is 12.4 Å². The van der Waals surface area contributed by atoms with Crippen LogP contribution in [0, 0.1) is 0 Å². The normalized spacial score (nSPS) is 14.8. The minimum atomic E-state index is -4.48. The van der Waals surface area contributed by atoms with E-state index in [-0.39, 0.29) is 37.0 Å². The first kappa shape index (κ1) is 21.7. The molecule has 1 amide bonds. The molecule has 0 spiro atoms. The Kier molecular flexibility index (Phi) is 6.08. The molecule has 0 saturated carbocycles. The molecule has 4 rings (SSSR count). The van der Waals surface area contributed by atoms with E-state index in [0.29, 0.717) is 37.5 Å². The lowest BCUT2D eigenvalue weighted by molar-refractivity contribution is -0.138. The van der Waals surface area contributed by atoms with E-state index >= 15 is 0 Å². The van der Waals surface area contributed by atoms with E-state index in [1.54, 1.807) is 20.4 Å². The van der Waals surface area contributed by atoms with Gasteiger partial charge >= 0.3 is 6.18 Å². The van der Waals surface area contributed by atoms with Crippen molar-refractivity contribution in [3.63, 3.8) is 0 Å². The smallest absolute Gasteiger partial charge is 0.373 e. The molecule has 0 unspecified atom stereocenters. The number of amides is 1. The van der Waals surface area contributed by atoms with Gasteiger partial charge in [-0.25, -0.2) is 15.0 Å². The molecule has 0 aromatic carbocycles. The second kappa shape index (κ2) is 8.94. The number of aromatic nitrogens is 5. The first-order valence-corrected chi connectivity index (χ1v) is 9.86. The third-order valence-electron chi connectivity index (χ3n) is 5.12. The highest BCUT2D eigenvalue weighted by Gasteiger charge is 2.32. The number of alkyl halides is 3. The van der Waals surface area contributed by atoms with Gasteiger partial charge in [-0.05, 0) is 0 Å². The van der Waals surface area contributed by atoms with Crippen molar-refractivity contribution in [1.29, 1.82) is 0 Å². The maximum Gasteiger partial charge on any atom is 0.419 e. The Labute approximate surface area is 179 Å². The summed E-state index contributed by atoms with van der Waals surface area (Å²) in [5, 5.41) is 0. The van der Waals surface area contributed by atoms with Crippen molar-refractivity contribution in [3.05, 3.63) is 52.7 Å². The molecule has 10 nitrogen and oxygen atoms in total. The van der Waals surface area contributed by atoms with E-state index in [0.717, 1.165) is 12.4 Å². The van der Waals surface area contributed by atoms with Crippen molar-refractivity contribution in [2.24, 2.45) is 0 Å². The van der Waals surface area contributed by atoms with Crippen molar-refractivity contribution >= 4 is 17.4 Å². The second-order valence-corrected chi connectivity index (χ2v) is 7.16. The Bertz CT molecular complexity index is 1140. The zero-order valence-electron chi connectivity index (χ0n) is 16.9. The van der Waals surface area contributed by atoms with Gasteiger partial charge in [-0.15, -0.1) is 0 Å². The fraction of sp³-hybridized carbons (Fsp3) is 0.421. The Morgan fingerprint density at radius 2 is 1.81 bits per heavy atom. The number of carbonyl (C=O) groups excluding carboxylic acids is 1. The molecular formula is C19H20F3N7O3. The van der Waals surface area contributed by atoms with Gasteiger partial charge in [0.2, 0.25) is 11.9 Å². The average Bonchev–Trinajstić information content (AvgIpc) is 3.20. The summed E-state index contributed by atoms with van der Waals surface area (Å²) in [7, 11) is 0. The molecule has 0 aliphatic carbocycles. The maximum atomic E-state index is 12.6. The Morgan fingerprint density at radius 1 is 1.09 bits per heavy atom. The van der Waals surface area contributed by atoms with E-state index in [4.69, 9.17) is 4.74 Å². The number of aromatic amines is 1. The standard InChI is InChI=1S/C19H20F3N7O3/c20-19(21,22)13-9-25-18(26-10-13)28-6-4-27(5-7-28)16(30)1-8-32-12-15-24-11-14-17(31)23-2-3-29(14)15/h2-3,9-11H,1,4-8,12H2,(H,23,31). The predicted octanol–water partition coefficient (Wildman–Crippen LogP) is 1.09. The lowest BCUT2D eigenvalue weighted by atomic mass is 10.3. The van der Waals surface area contributed by atoms with Gasteiger partial charge in [-0.1, -0.05) is 0 Å². The second-order valence-electron chi connectivity index (χ2n) is 7.16. The number of carbonyl (C=O) groups is 1. The van der Waals surface area contributed by atoms with Crippen LogP contribution in [0.4, 0.5) is 19.1 Å². The van der Waals surface area contributed by atoms with Crippen LogP contribution in [0.3, 0.4) is 0 Å². The maximum absolute atomic E-state index is 12.6. The van der Waals surface area contributed by atoms with Gasteiger partial charge in [-0.2, -0.15) is 13.2 Å². The average molecular weight is 451 g/mol. The lowest BCUT2D eigenvalue weighted by Gasteiger charge is -2.34. The molecule has 1 aliphatic rings. The molecular weight excluding hydrogens is 431 g/mol. The summed E-state index contributed by atoms with van der Waals surface area (Å²) in [6.45, 7) is 2.02. The first-order valence-electron chi connectivity index (χ1n) is 9.86. The number of halogens is 3. The molecule has 4 heterocycles. The van der Waals surface area contributed by atoms with E-state index in [1.807, 2.05) is 0 Å². The minimum absolute atomic E-state index is 0.0811. The molecule has 1 fully saturated rings. The summed E-state index contributed by atoms with van der Waals surface area (Å²) >= 11 is 0. The summed E-state index contributed by atoms with van der Waals surface area (Å²) in [4.78, 5) is 41.8. The van der Waals surface area contributed by atoms with Crippen molar-refractivity contribution in [2.75, 3.05) is 37.7 Å². The van der Waals surface area contributed by atoms with Crippen LogP contribution in [-0.4, -0.2) is 67.9 Å². The molecule has 0 atom stereocenters. The van der Waals surface area contributed by atoms with Gasteiger partial charge in [0.1, 0.15) is 17.9 Å². The van der Waals surface area contributed by atoms with E-state index in [9.17, 15) is 22.8 Å². The molecule has 13 heteroatoms. The monoisotopic (exact) mass is 451 g/mol. The largest absolute Gasteiger partial charge is 0.419 e.